The van der Waals surface area contributed by atoms with E-state index in [0.717, 1.165) is 31.6 Å². The Balaban J connectivity index is 0.00000364. The lowest BCUT2D eigenvalue weighted by molar-refractivity contribution is -0.130. The second-order valence-electron chi connectivity index (χ2n) is 7.58. The summed E-state index contributed by atoms with van der Waals surface area (Å²) in [5, 5.41) is 0. The topological polar surface area (TPSA) is 72.6 Å². The van der Waals surface area contributed by atoms with Gasteiger partial charge in [0.25, 0.3) is 0 Å². The maximum Gasteiger partial charge on any atom is 0.223 e. The molecule has 0 bridgehead atoms. The number of amides is 1. The molecule has 1 atom stereocenters. The van der Waals surface area contributed by atoms with Crippen LogP contribution in [0.4, 0.5) is 0 Å². The van der Waals surface area contributed by atoms with E-state index in [1.165, 1.54) is 6.42 Å². The van der Waals surface area contributed by atoms with Crippen LogP contribution in [-0.4, -0.2) is 42.8 Å². The quantitative estimate of drug-likeness (QED) is 0.481. The van der Waals surface area contributed by atoms with E-state index in [9.17, 15) is 9.59 Å². The number of ether oxygens (including phenoxy) is 1. The van der Waals surface area contributed by atoms with Crippen LogP contribution in [0.5, 0.6) is 5.75 Å². The molecule has 1 saturated heterocycles. The first-order chi connectivity index (χ1) is 12.5. The van der Waals surface area contributed by atoms with Gasteiger partial charge in [-0.25, -0.2) is 0 Å². The zero-order valence-corrected chi connectivity index (χ0v) is 17.4. The summed E-state index contributed by atoms with van der Waals surface area (Å²) in [6.45, 7) is 6.99. The summed E-state index contributed by atoms with van der Waals surface area (Å²) in [4.78, 5) is 26.5. The molecule has 1 heterocycles. The lowest BCUT2D eigenvalue weighted by Gasteiger charge is -2.22. The van der Waals surface area contributed by atoms with Crippen molar-refractivity contribution >= 4 is 24.1 Å². The molecule has 0 radical (unpaired) electrons. The van der Waals surface area contributed by atoms with Gasteiger partial charge in [0.05, 0.1) is 6.61 Å². The molecule has 6 heteroatoms. The molecular formula is C21H33ClN2O3. The smallest absolute Gasteiger partial charge is 0.223 e. The molecule has 2 rings (SSSR count). The Bertz CT molecular complexity index is 606. The number of unbranched alkanes of at least 4 members (excludes halogenated alkanes) is 2. The van der Waals surface area contributed by atoms with Crippen molar-refractivity contribution in [2.75, 3.05) is 26.2 Å². The van der Waals surface area contributed by atoms with Crippen molar-refractivity contribution in [2.45, 2.75) is 52.4 Å². The number of hydrogen-bond donors (Lipinski definition) is 1. The third-order valence-electron chi connectivity index (χ3n) is 5.16. The number of carbonyl (C=O) groups is 2. The number of halogens is 1. The summed E-state index contributed by atoms with van der Waals surface area (Å²) in [5.74, 6) is 0.829. The van der Waals surface area contributed by atoms with Gasteiger partial charge in [-0.15, -0.1) is 12.4 Å². The van der Waals surface area contributed by atoms with Crippen LogP contribution in [0.3, 0.4) is 0 Å². The van der Waals surface area contributed by atoms with E-state index >= 15 is 0 Å². The van der Waals surface area contributed by atoms with E-state index in [2.05, 4.69) is 13.8 Å². The summed E-state index contributed by atoms with van der Waals surface area (Å²) >= 11 is 0. The molecule has 1 amide bonds. The third-order valence-corrected chi connectivity index (χ3v) is 5.16. The Kier molecular flexibility index (Phi) is 9.81. The Hall–Kier alpha value is -1.59. The van der Waals surface area contributed by atoms with Gasteiger partial charge in [0, 0.05) is 31.5 Å². The number of likely N-dealkylation sites (tertiary alicyclic amines) is 1. The van der Waals surface area contributed by atoms with Gasteiger partial charge in [0.15, 0.2) is 5.78 Å². The van der Waals surface area contributed by atoms with Gasteiger partial charge in [-0.1, -0.05) is 26.7 Å². The highest BCUT2D eigenvalue weighted by molar-refractivity contribution is 5.98. The Morgan fingerprint density at radius 1 is 1.19 bits per heavy atom. The van der Waals surface area contributed by atoms with Crippen LogP contribution in [-0.2, 0) is 4.79 Å². The van der Waals surface area contributed by atoms with Crippen molar-refractivity contribution in [3.63, 3.8) is 0 Å². The van der Waals surface area contributed by atoms with Gasteiger partial charge in [0.1, 0.15) is 5.75 Å². The minimum Gasteiger partial charge on any atom is -0.494 e. The second kappa shape index (κ2) is 11.3. The summed E-state index contributed by atoms with van der Waals surface area (Å²) in [6, 6.07) is 7.22. The van der Waals surface area contributed by atoms with Gasteiger partial charge in [-0.3, -0.25) is 9.59 Å². The number of carbonyl (C=O) groups excluding carboxylic acids is 2. The molecule has 27 heavy (non-hydrogen) atoms. The van der Waals surface area contributed by atoms with Crippen molar-refractivity contribution < 1.29 is 14.3 Å². The first kappa shape index (κ1) is 23.4. The zero-order chi connectivity index (χ0) is 19.0. The number of benzene rings is 1. The van der Waals surface area contributed by atoms with Crippen LogP contribution in [0.15, 0.2) is 24.3 Å². The number of nitrogens with zero attached hydrogens (tertiary/aromatic N) is 1. The normalized spacial score (nSPS) is 18.9. The van der Waals surface area contributed by atoms with E-state index < -0.39 is 0 Å². The zero-order valence-electron chi connectivity index (χ0n) is 16.5. The molecule has 0 saturated carbocycles. The molecule has 5 nitrogen and oxygen atoms in total. The van der Waals surface area contributed by atoms with Crippen molar-refractivity contribution in [3.8, 4) is 5.75 Å². The third kappa shape index (κ3) is 7.15. The predicted octanol–water partition coefficient (Wildman–Crippen LogP) is 3.84. The number of hydrogen-bond acceptors (Lipinski definition) is 4. The highest BCUT2D eigenvalue weighted by Gasteiger charge is 2.34. The minimum atomic E-state index is -0.00309. The highest BCUT2D eigenvalue weighted by Crippen LogP contribution is 2.29. The Morgan fingerprint density at radius 3 is 2.48 bits per heavy atom. The number of ketones is 1. The average molecular weight is 397 g/mol. The first-order valence-corrected chi connectivity index (χ1v) is 9.71. The predicted molar refractivity (Wildman–Crippen MR) is 111 cm³/mol. The molecule has 0 spiro atoms. The van der Waals surface area contributed by atoms with Crippen LogP contribution in [0.2, 0.25) is 0 Å². The Labute approximate surface area is 169 Å². The maximum atomic E-state index is 12.3. The van der Waals surface area contributed by atoms with Crippen molar-refractivity contribution in [2.24, 2.45) is 11.1 Å². The van der Waals surface area contributed by atoms with Gasteiger partial charge in [0.2, 0.25) is 5.91 Å². The molecule has 1 fully saturated rings. The molecule has 2 N–H and O–H groups in total. The van der Waals surface area contributed by atoms with Crippen LogP contribution in [0.1, 0.15) is 62.7 Å². The fraction of sp³-hybridized carbons (Fsp3) is 0.619. The molecule has 1 aliphatic rings. The average Bonchev–Trinajstić information content (AvgIpc) is 3.06. The van der Waals surface area contributed by atoms with Crippen molar-refractivity contribution in [3.05, 3.63) is 29.8 Å². The summed E-state index contributed by atoms with van der Waals surface area (Å²) in [5.41, 5.74) is 6.44. The minimum absolute atomic E-state index is 0. The van der Waals surface area contributed by atoms with E-state index in [1.807, 2.05) is 17.0 Å². The molecule has 0 aliphatic carbocycles. The number of nitrogens with two attached hydrogens (primary N) is 1. The summed E-state index contributed by atoms with van der Waals surface area (Å²) in [6.07, 6.45) is 4.80. The van der Waals surface area contributed by atoms with Gasteiger partial charge in [-0.2, -0.15) is 0 Å². The lowest BCUT2D eigenvalue weighted by Crippen LogP contribution is -2.34. The van der Waals surface area contributed by atoms with Gasteiger partial charge >= 0.3 is 0 Å². The van der Waals surface area contributed by atoms with Crippen LogP contribution in [0.25, 0.3) is 0 Å². The van der Waals surface area contributed by atoms with Crippen LogP contribution < -0.4 is 10.5 Å². The van der Waals surface area contributed by atoms with E-state index in [0.29, 0.717) is 25.3 Å². The molecule has 152 valence electrons. The van der Waals surface area contributed by atoms with Gasteiger partial charge in [-0.05, 0) is 49.1 Å². The summed E-state index contributed by atoms with van der Waals surface area (Å²) in [7, 11) is 0. The largest absolute Gasteiger partial charge is 0.494 e. The van der Waals surface area contributed by atoms with Crippen molar-refractivity contribution in [1.82, 2.24) is 4.90 Å². The Morgan fingerprint density at radius 2 is 1.89 bits per heavy atom. The summed E-state index contributed by atoms with van der Waals surface area (Å²) < 4.78 is 5.66. The fourth-order valence-corrected chi connectivity index (χ4v) is 3.21. The maximum absolute atomic E-state index is 12.3. The molecule has 0 aromatic heterocycles. The van der Waals surface area contributed by atoms with Gasteiger partial charge < -0.3 is 15.4 Å². The SMILES string of the molecule is CCCCCOc1ccc(C(=O)CCC(=O)N2CCC(C)(CN)C2)cc1.Cl. The van der Waals surface area contributed by atoms with Crippen LogP contribution in [0, 0.1) is 5.41 Å². The van der Waals surface area contributed by atoms with Crippen molar-refractivity contribution in [1.29, 1.82) is 0 Å². The monoisotopic (exact) mass is 396 g/mol. The fourth-order valence-electron chi connectivity index (χ4n) is 3.21. The molecular weight excluding hydrogens is 364 g/mol. The second-order valence-corrected chi connectivity index (χ2v) is 7.58. The van der Waals surface area contributed by atoms with E-state index in [4.69, 9.17) is 10.5 Å². The first-order valence-electron chi connectivity index (χ1n) is 9.71. The standard InChI is InChI=1S/C21H32N2O3.ClH/c1-3-4-5-14-26-18-8-6-17(7-9-18)19(24)10-11-20(25)23-13-12-21(2,15-22)16-23;/h6-9H,3-5,10-16,22H2,1-2H3;1H. The van der Waals surface area contributed by atoms with E-state index in [1.54, 1.807) is 12.1 Å². The highest BCUT2D eigenvalue weighted by atomic mass is 35.5. The van der Waals surface area contributed by atoms with Crippen LogP contribution >= 0.6 is 12.4 Å². The lowest BCUT2D eigenvalue weighted by atomic mass is 9.90. The number of Topliss-reactive ketones (excluding diaryl/α,β-unsaturated/α-hetero) is 1. The number of rotatable bonds is 10. The molecule has 1 aliphatic heterocycles. The molecule has 1 aromatic rings. The van der Waals surface area contributed by atoms with E-state index in [-0.39, 0.29) is 42.4 Å². The molecule has 1 unspecified atom stereocenters. The molecule has 1 aromatic carbocycles.